The Morgan fingerprint density at radius 3 is 2.52 bits per heavy atom. The summed E-state index contributed by atoms with van der Waals surface area (Å²) in [6.07, 6.45) is 8.01. The Labute approximate surface area is 196 Å². The molecular weight excluding hydrogens is 413 g/mol. The molecule has 1 aliphatic carbocycles. The first kappa shape index (κ1) is 24.5. The van der Waals surface area contributed by atoms with Gasteiger partial charge in [-0.1, -0.05) is 44.6 Å². The smallest absolute Gasteiger partial charge is 0.255 e. The molecule has 4 heteroatoms. The van der Waals surface area contributed by atoms with Gasteiger partial charge in [0.15, 0.2) is 0 Å². The zero-order chi connectivity index (χ0) is 24.2. The quantitative estimate of drug-likeness (QED) is 0.348. The number of phenols is 1. The molecule has 2 N–H and O–H groups in total. The van der Waals surface area contributed by atoms with Crippen molar-refractivity contribution >= 4 is 17.4 Å². The minimum absolute atomic E-state index is 0.108. The molecule has 0 radical (unpaired) electrons. The van der Waals surface area contributed by atoms with E-state index in [1.165, 1.54) is 29.7 Å². The zero-order valence-electron chi connectivity index (χ0n) is 20.3. The van der Waals surface area contributed by atoms with Crippen LogP contribution in [0.2, 0.25) is 0 Å². The second-order valence-electron chi connectivity index (χ2n) is 9.49. The van der Waals surface area contributed by atoms with Crippen LogP contribution in [0.25, 0.3) is 5.83 Å². The summed E-state index contributed by atoms with van der Waals surface area (Å²) in [6.45, 7) is 10.4. The predicted molar refractivity (Wildman–Crippen MR) is 135 cm³/mol. The van der Waals surface area contributed by atoms with Gasteiger partial charge in [0.25, 0.3) is 5.91 Å². The molecule has 3 nitrogen and oxygen atoms in total. The first-order valence-electron chi connectivity index (χ1n) is 11.6. The number of hydrogen-bond acceptors (Lipinski definition) is 2. The lowest BCUT2D eigenvalue weighted by Gasteiger charge is -2.33. The molecule has 0 aliphatic heterocycles. The van der Waals surface area contributed by atoms with Crippen molar-refractivity contribution < 1.29 is 14.3 Å². The van der Waals surface area contributed by atoms with Crippen LogP contribution in [-0.4, -0.2) is 11.0 Å². The zero-order valence-corrected chi connectivity index (χ0v) is 20.3. The Balaban J connectivity index is 1.85. The minimum atomic E-state index is -0.273. The summed E-state index contributed by atoms with van der Waals surface area (Å²) in [6, 6.07) is 11.4. The van der Waals surface area contributed by atoms with Gasteiger partial charge < -0.3 is 10.4 Å². The molecule has 0 bridgehead atoms. The third-order valence-corrected chi connectivity index (χ3v) is 6.50. The van der Waals surface area contributed by atoms with Crippen LogP contribution in [0.3, 0.4) is 0 Å². The van der Waals surface area contributed by atoms with Crippen LogP contribution >= 0.6 is 0 Å². The largest absolute Gasteiger partial charge is 0.508 e. The summed E-state index contributed by atoms with van der Waals surface area (Å²) in [4.78, 5) is 12.7. The lowest BCUT2D eigenvalue weighted by molar-refractivity contribution is 0.102. The van der Waals surface area contributed by atoms with Gasteiger partial charge in [0, 0.05) is 16.8 Å². The minimum Gasteiger partial charge on any atom is -0.508 e. The first-order chi connectivity index (χ1) is 15.6. The Morgan fingerprint density at radius 1 is 1.18 bits per heavy atom. The summed E-state index contributed by atoms with van der Waals surface area (Å²) in [5, 5.41) is 12.2. The van der Waals surface area contributed by atoms with Gasteiger partial charge in [0.2, 0.25) is 0 Å². The number of rotatable bonds is 6. The standard InChI is InChI=1S/C29H34FNO2/c1-6-21-18-22(28(33)31-23-11-13-24(32)14-12-23)10-15-25(21)27(30)20(3)9-16-26-19(2)8-7-17-29(26,4)5/h9-16,18,32H,6-8,17H2,1-5H3,(H,31,33). The Hall–Kier alpha value is -3.14. The summed E-state index contributed by atoms with van der Waals surface area (Å²) < 4.78 is 15.4. The van der Waals surface area contributed by atoms with E-state index in [1.807, 2.05) is 13.0 Å². The summed E-state index contributed by atoms with van der Waals surface area (Å²) >= 11 is 0. The molecule has 0 fully saturated rings. The lowest BCUT2D eigenvalue weighted by atomic mass is 9.72. The highest BCUT2D eigenvalue weighted by atomic mass is 19.1. The van der Waals surface area contributed by atoms with Gasteiger partial charge in [-0.3, -0.25) is 4.79 Å². The number of phenolic OH excluding ortho intramolecular Hbond substituents is 1. The molecule has 0 spiro atoms. The molecule has 3 rings (SSSR count). The van der Waals surface area contributed by atoms with E-state index in [2.05, 4.69) is 32.2 Å². The second kappa shape index (κ2) is 10.2. The number of amides is 1. The van der Waals surface area contributed by atoms with Gasteiger partial charge in [-0.15, -0.1) is 0 Å². The third-order valence-electron chi connectivity index (χ3n) is 6.50. The second-order valence-corrected chi connectivity index (χ2v) is 9.49. The van der Waals surface area contributed by atoms with E-state index in [0.29, 0.717) is 28.8 Å². The highest BCUT2D eigenvalue weighted by molar-refractivity contribution is 6.04. The van der Waals surface area contributed by atoms with Gasteiger partial charge in [0.05, 0.1) is 0 Å². The fourth-order valence-corrected chi connectivity index (χ4v) is 4.49. The molecule has 0 saturated carbocycles. The molecule has 0 aromatic heterocycles. The van der Waals surface area contributed by atoms with Gasteiger partial charge in [0.1, 0.15) is 11.6 Å². The molecule has 0 unspecified atom stereocenters. The third kappa shape index (κ3) is 5.81. The summed E-state index contributed by atoms with van der Waals surface area (Å²) in [7, 11) is 0. The summed E-state index contributed by atoms with van der Waals surface area (Å²) in [5.41, 5.74) is 5.73. The molecule has 174 valence electrons. The number of allylic oxidation sites excluding steroid dienone is 5. The number of aryl methyl sites for hydroxylation is 1. The van der Waals surface area contributed by atoms with E-state index in [4.69, 9.17) is 0 Å². The fourth-order valence-electron chi connectivity index (χ4n) is 4.49. The van der Waals surface area contributed by atoms with Crippen LogP contribution in [0, 0.1) is 5.41 Å². The van der Waals surface area contributed by atoms with Crippen LogP contribution in [0.5, 0.6) is 5.75 Å². The van der Waals surface area contributed by atoms with Gasteiger partial charge >= 0.3 is 0 Å². The molecule has 33 heavy (non-hydrogen) atoms. The van der Waals surface area contributed by atoms with Crippen molar-refractivity contribution in [3.8, 4) is 5.75 Å². The number of hydrogen-bond donors (Lipinski definition) is 2. The van der Waals surface area contributed by atoms with E-state index in [-0.39, 0.29) is 22.9 Å². The van der Waals surface area contributed by atoms with Crippen LogP contribution in [0.1, 0.15) is 75.4 Å². The highest BCUT2D eigenvalue weighted by Crippen LogP contribution is 2.41. The molecule has 1 aliphatic rings. The van der Waals surface area contributed by atoms with Crippen molar-refractivity contribution in [3.63, 3.8) is 0 Å². The number of nitrogens with one attached hydrogen (secondary N) is 1. The SMILES string of the molecule is CCc1cc(C(=O)Nc2ccc(O)cc2)ccc1C(F)=C(C)C=CC1=C(C)CCCC1(C)C. The topological polar surface area (TPSA) is 49.3 Å². The maximum Gasteiger partial charge on any atom is 0.255 e. The number of carbonyl (C=O) groups excluding carboxylic acids is 1. The molecule has 0 heterocycles. The van der Waals surface area contributed by atoms with Gasteiger partial charge in [-0.2, -0.15) is 0 Å². The molecular formula is C29H34FNO2. The number of anilines is 1. The van der Waals surface area contributed by atoms with Crippen molar-refractivity contribution in [2.75, 3.05) is 5.32 Å². The maximum absolute atomic E-state index is 15.4. The summed E-state index contributed by atoms with van der Waals surface area (Å²) in [5.74, 6) is -0.402. The lowest BCUT2D eigenvalue weighted by Crippen LogP contribution is -2.19. The van der Waals surface area contributed by atoms with Crippen molar-refractivity contribution in [1.82, 2.24) is 0 Å². The van der Waals surface area contributed by atoms with Crippen molar-refractivity contribution in [1.29, 1.82) is 0 Å². The van der Waals surface area contributed by atoms with Crippen molar-refractivity contribution in [3.05, 3.63) is 88.0 Å². The van der Waals surface area contributed by atoms with E-state index in [0.717, 1.165) is 18.4 Å². The Bertz CT molecular complexity index is 1120. The van der Waals surface area contributed by atoms with E-state index < -0.39 is 0 Å². The van der Waals surface area contributed by atoms with Crippen molar-refractivity contribution in [2.45, 2.75) is 60.3 Å². The van der Waals surface area contributed by atoms with Gasteiger partial charge in [-0.05, 0) is 98.1 Å². The molecule has 2 aromatic rings. The number of halogens is 1. The average Bonchev–Trinajstić information content (AvgIpc) is 2.78. The maximum atomic E-state index is 15.4. The fraction of sp³-hybridized carbons (Fsp3) is 0.345. The van der Waals surface area contributed by atoms with Crippen LogP contribution in [-0.2, 0) is 6.42 Å². The van der Waals surface area contributed by atoms with E-state index >= 15 is 4.39 Å². The Kier molecular flexibility index (Phi) is 7.57. The van der Waals surface area contributed by atoms with E-state index in [1.54, 1.807) is 37.3 Å². The van der Waals surface area contributed by atoms with Crippen molar-refractivity contribution in [2.24, 2.45) is 5.41 Å². The molecule has 2 aromatic carbocycles. The Morgan fingerprint density at radius 2 is 1.88 bits per heavy atom. The normalized spacial score (nSPS) is 16.7. The van der Waals surface area contributed by atoms with Crippen LogP contribution in [0.15, 0.2) is 71.3 Å². The number of benzene rings is 2. The number of aromatic hydroxyl groups is 1. The molecule has 0 atom stereocenters. The molecule has 0 saturated heterocycles. The average molecular weight is 448 g/mol. The molecule has 1 amide bonds. The first-order valence-corrected chi connectivity index (χ1v) is 11.6. The number of carbonyl (C=O) groups is 1. The van der Waals surface area contributed by atoms with Crippen LogP contribution in [0.4, 0.5) is 10.1 Å². The van der Waals surface area contributed by atoms with E-state index in [9.17, 15) is 9.90 Å². The monoisotopic (exact) mass is 447 g/mol. The van der Waals surface area contributed by atoms with Gasteiger partial charge in [-0.25, -0.2) is 4.39 Å². The highest BCUT2D eigenvalue weighted by Gasteiger charge is 2.26. The van der Waals surface area contributed by atoms with Crippen LogP contribution < -0.4 is 5.32 Å². The predicted octanol–water partition coefficient (Wildman–Crippen LogP) is 7.99.